The lowest BCUT2D eigenvalue weighted by molar-refractivity contribution is 0.353. The van der Waals surface area contributed by atoms with Gasteiger partial charge >= 0.3 is 0 Å². The van der Waals surface area contributed by atoms with Crippen molar-refractivity contribution in [3.8, 4) is 0 Å². The normalized spacial score (nSPS) is 16.4. The number of nitrogens with zero attached hydrogens (tertiary/aromatic N) is 1. The second kappa shape index (κ2) is 3.96. The summed E-state index contributed by atoms with van der Waals surface area (Å²) in [6.45, 7) is 3.25. The summed E-state index contributed by atoms with van der Waals surface area (Å²) in [7, 11) is 2.05. The van der Waals surface area contributed by atoms with Crippen molar-refractivity contribution in [3.63, 3.8) is 0 Å². The third-order valence-corrected chi connectivity index (χ3v) is 2.67. The summed E-state index contributed by atoms with van der Waals surface area (Å²) in [5.74, 6) is 0.567. The van der Waals surface area contributed by atoms with Crippen molar-refractivity contribution in [2.24, 2.45) is 5.92 Å². The molecule has 1 aliphatic rings. The molecule has 1 aromatic carbocycles. The van der Waals surface area contributed by atoms with Crippen LogP contribution in [-0.4, -0.2) is 26.7 Å². The zero-order chi connectivity index (χ0) is 9.97. The lowest BCUT2D eigenvalue weighted by Crippen LogP contribution is -2.47. The van der Waals surface area contributed by atoms with Gasteiger partial charge in [-0.1, -0.05) is 0 Å². The minimum absolute atomic E-state index is 0.174. The molecule has 0 saturated carbocycles. The molecule has 1 heterocycles. The molecular weight excluding hydrogens is 179 g/mol. The molecule has 0 aromatic heterocycles. The molecule has 1 fully saturated rings. The van der Waals surface area contributed by atoms with Gasteiger partial charge in [0.15, 0.2) is 0 Å². The van der Waals surface area contributed by atoms with Crippen molar-refractivity contribution < 1.29 is 4.39 Å². The maximum Gasteiger partial charge on any atom is 0.123 e. The molecule has 0 bridgehead atoms. The monoisotopic (exact) mass is 194 g/mol. The van der Waals surface area contributed by atoms with Gasteiger partial charge in [-0.3, -0.25) is 0 Å². The summed E-state index contributed by atoms with van der Waals surface area (Å²) in [6.07, 6.45) is 0. The topological polar surface area (TPSA) is 15.3 Å². The predicted octanol–water partition coefficient (Wildman–Crippen LogP) is 1.48. The highest BCUT2D eigenvalue weighted by atomic mass is 19.1. The summed E-state index contributed by atoms with van der Waals surface area (Å²) in [5, 5.41) is 3.24. The highest BCUT2D eigenvalue weighted by Gasteiger charge is 2.18. The van der Waals surface area contributed by atoms with E-state index >= 15 is 0 Å². The van der Waals surface area contributed by atoms with Crippen LogP contribution in [0.3, 0.4) is 0 Å². The zero-order valence-electron chi connectivity index (χ0n) is 8.33. The fourth-order valence-electron chi connectivity index (χ4n) is 1.67. The summed E-state index contributed by atoms with van der Waals surface area (Å²) < 4.78 is 12.7. The van der Waals surface area contributed by atoms with Crippen LogP contribution in [0.1, 0.15) is 0 Å². The van der Waals surface area contributed by atoms with Gasteiger partial charge in [0, 0.05) is 38.3 Å². The molecule has 0 unspecified atom stereocenters. The van der Waals surface area contributed by atoms with Crippen LogP contribution >= 0.6 is 0 Å². The molecule has 1 aromatic rings. The summed E-state index contributed by atoms with van der Waals surface area (Å²) in [4.78, 5) is 2.17. The van der Waals surface area contributed by atoms with Crippen LogP contribution in [0.15, 0.2) is 24.3 Å². The summed E-state index contributed by atoms with van der Waals surface area (Å²) in [5.41, 5.74) is 1.08. The van der Waals surface area contributed by atoms with E-state index in [-0.39, 0.29) is 5.82 Å². The Morgan fingerprint density at radius 1 is 1.36 bits per heavy atom. The number of benzene rings is 1. The molecular formula is C11H15FN2. The highest BCUT2D eigenvalue weighted by molar-refractivity contribution is 5.45. The fraction of sp³-hybridized carbons (Fsp3) is 0.455. The van der Waals surface area contributed by atoms with Gasteiger partial charge in [0.25, 0.3) is 0 Å². The average Bonchev–Trinajstić information content (AvgIpc) is 2.12. The van der Waals surface area contributed by atoms with Crippen molar-refractivity contribution in [2.45, 2.75) is 0 Å². The van der Waals surface area contributed by atoms with Gasteiger partial charge in [0.2, 0.25) is 0 Å². The van der Waals surface area contributed by atoms with E-state index in [1.54, 1.807) is 0 Å². The van der Waals surface area contributed by atoms with Crippen molar-refractivity contribution in [2.75, 3.05) is 31.6 Å². The standard InChI is InChI=1S/C11H15FN2/c1-14(8-9-6-13-7-9)11-4-2-10(12)3-5-11/h2-5,9,13H,6-8H2,1H3. The van der Waals surface area contributed by atoms with E-state index in [2.05, 4.69) is 10.2 Å². The quantitative estimate of drug-likeness (QED) is 0.784. The van der Waals surface area contributed by atoms with Crippen LogP contribution in [0, 0.1) is 11.7 Å². The molecule has 1 N–H and O–H groups in total. The molecule has 0 amide bonds. The van der Waals surface area contributed by atoms with Crippen LogP contribution in [0.5, 0.6) is 0 Å². The van der Waals surface area contributed by atoms with E-state index in [0.29, 0.717) is 0 Å². The number of hydrogen-bond acceptors (Lipinski definition) is 2. The van der Waals surface area contributed by atoms with E-state index in [9.17, 15) is 4.39 Å². The first kappa shape index (κ1) is 9.46. The summed E-state index contributed by atoms with van der Waals surface area (Å²) in [6, 6.07) is 6.65. The minimum Gasteiger partial charge on any atom is -0.374 e. The van der Waals surface area contributed by atoms with Gasteiger partial charge in [0.05, 0.1) is 0 Å². The second-order valence-corrected chi connectivity index (χ2v) is 3.88. The molecule has 14 heavy (non-hydrogen) atoms. The first-order valence-corrected chi connectivity index (χ1v) is 4.93. The van der Waals surface area contributed by atoms with Gasteiger partial charge in [0.1, 0.15) is 5.82 Å². The minimum atomic E-state index is -0.174. The van der Waals surface area contributed by atoms with Crippen LogP contribution in [0.25, 0.3) is 0 Å². The van der Waals surface area contributed by atoms with Gasteiger partial charge in [-0.15, -0.1) is 0 Å². The number of halogens is 1. The molecule has 0 spiro atoms. The van der Waals surface area contributed by atoms with Gasteiger partial charge < -0.3 is 10.2 Å². The summed E-state index contributed by atoms with van der Waals surface area (Å²) >= 11 is 0. The Morgan fingerprint density at radius 2 is 2.00 bits per heavy atom. The van der Waals surface area contributed by atoms with Crippen LogP contribution in [-0.2, 0) is 0 Å². The smallest absolute Gasteiger partial charge is 0.123 e. The molecule has 1 saturated heterocycles. The molecule has 3 heteroatoms. The maximum atomic E-state index is 12.7. The van der Waals surface area contributed by atoms with Crippen molar-refractivity contribution in [3.05, 3.63) is 30.1 Å². The average molecular weight is 194 g/mol. The molecule has 2 rings (SSSR count). The molecule has 1 aliphatic heterocycles. The third-order valence-electron chi connectivity index (χ3n) is 2.67. The third kappa shape index (κ3) is 2.04. The number of anilines is 1. The number of rotatable bonds is 3. The Morgan fingerprint density at radius 3 is 2.50 bits per heavy atom. The first-order valence-electron chi connectivity index (χ1n) is 4.93. The van der Waals surface area contributed by atoms with E-state index in [1.165, 1.54) is 12.1 Å². The predicted molar refractivity (Wildman–Crippen MR) is 56.0 cm³/mol. The number of nitrogens with one attached hydrogen (secondary N) is 1. The lowest BCUT2D eigenvalue weighted by Gasteiger charge is -2.32. The SMILES string of the molecule is CN(CC1CNC1)c1ccc(F)cc1. The van der Waals surface area contributed by atoms with Crippen molar-refractivity contribution in [1.82, 2.24) is 5.32 Å². The van der Waals surface area contributed by atoms with E-state index in [0.717, 1.165) is 31.2 Å². The molecule has 0 atom stereocenters. The fourth-order valence-corrected chi connectivity index (χ4v) is 1.67. The Kier molecular flexibility index (Phi) is 2.68. The van der Waals surface area contributed by atoms with Gasteiger partial charge in [-0.2, -0.15) is 0 Å². The Hall–Kier alpha value is -1.09. The Bertz CT molecular complexity index is 293. The molecule has 2 nitrogen and oxygen atoms in total. The van der Waals surface area contributed by atoms with Gasteiger partial charge in [-0.25, -0.2) is 4.39 Å². The highest BCUT2D eigenvalue weighted by Crippen LogP contribution is 2.15. The zero-order valence-corrected chi connectivity index (χ0v) is 8.33. The largest absolute Gasteiger partial charge is 0.374 e. The van der Waals surface area contributed by atoms with E-state index in [1.807, 2.05) is 19.2 Å². The number of hydrogen-bond donors (Lipinski definition) is 1. The van der Waals surface area contributed by atoms with Crippen LogP contribution in [0.4, 0.5) is 10.1 Å². The maximum absolute atomic E-state index is 12.7. The van der Waals surface area contributed by atoms with Crippen LogP contribution in [0.2, 0.25) is 0 Å². The van der Waals surface area contributed by atoms with Crippen LogP contribution < -0.4 is 10.2 Å². The Balaban J connectivity index is 1.95. The molecule has 0 radical (unpaired) electrons. The van der Waals surface area contributed by atoms with E-state index in [4.69, 9.17) is 0 Å². The second-order valence-electron chi connectivity index (χ2n) is 3.88. The van der Waals surface area contributed by atoms with Crippen molar-refractivity contribution in [1.29, 1.82) is 0 Å². The first-order chi connectivity index (χ1) is 6.75. The van der Waals surface area contributed by atoms with Crippen molar-refractivity contribution >= 4 is 5.69 Å². The molecule has 76 valence electrons. The lowest BCUT2D eigenvalue weighted by atomic mass is 10.0. The Labute approximate surface area is 83.7 Å². The molecule has 0 aliphatic carbocycles. The van der Waals surface area contributed by atoms with Gasteiger partial charge in [-0.05, 0) is 24.3 Å². The van der Waals surface area contributed by atoms with E-state index < -0.39 is 0 Å².